The zero-order chi connectivity index (χ0) is 9.97. The Morgan fingerprint density at radius 2 is 2.50 bits per heavy atom. The van der Waals surface area contributed by atoms with Gasteiger partial charge in [0.2, 0.25) is 0 Å². The van der Waals surface area contributed by atoms with Gasteiger partial charge in [0.05, 0.1) is 11.8 Å². The second-order valence-corrected chi connectivity index (χ2v) is 4.05. The van der Waals surface area contributed by atoms with Gasteiger partial charge >= 0.3 is 0 Å². The molecule has 0 aromatic carbocycles. The van der Waals surface area contributed by atoms with E-state index in [4.69, 9.17) is 0 Å². The summed E-state index contributed by atoms with van der Waals surface area (Å²) in [5.41, 5.74) is 1.06. The summed E-state index contributed by atoms with van der Waals surface area (Å²) >= 11 is 0. The van der Waals surface area contributed by atoms with Crippen LogP contribution in [-0.2, 0) is 0 Å². The summed E-state index contributed by atoms with van der Waals surface area (Å²) in [5.74, 6) is 0.538. The molecule has 0 amide bonds. The maximum atomic E-state index is 9.65. The van der Waals surface area contributed by atoms with Crippen molar-refractivity contribution in [1.82, 2.24) is 15.5 Å². The molecule has 2 atom stereocenters. The van der Waals surface area contributed by atoms with E-state index in [1.54, 1.807) is 6.20 Å². The first-order valence-electron chi connectivity index (χ1n) is 5.18. The molecule has 4 nitrogen and oxygen atoms in total. The quantitative estimate of drug-likeness (QED) is 0.652. The van der Waals surface area contributed by atoms with Crippen LogP contribution in [0.4, 0.5) is 0 Å². The third kappa shape index (κ3) is 2.33. The lowest BCUT2D eigenvalue weighted by molar-refractivity contribution is 0.145. The molecule has 3 N–H and O–H groups in total. The van der Waals surface area contributed by atoms with Gasteiger partial charge in [-0.15, -0.1) is 0 Å². The molecule has 2 unspecified atom stereocenters. The van der Waals surface area contributed by atoms with Gasteiger partial charge in [0.15, 0.2) is 0 Å². The summed E-state index contributed by atoms with van der Waals surface area (Å²) in [6, 6.07) is 2.17. The molecule has 78 valence electrons. The fourth-order valence-corrected chi connectivity index (χ4v) is 1.56. The lowest BCUT2D eigenvalue weighted by Gasteiger charge is -2.15. The number of aromatic amines is 1. The third-order valence-electron chi connectivity index (χ3n) is 2.79. The molecule has 2 rings (SSSR count). The highest BCUT2D eigenvalue weighted by molar-refractivity contribution is 5.03. The van der Waals surface area contributed by atoms with Crippen molar-refractivity contribution in [2.45, 2.75) is 31.9 Å². The molecule has 14 heavy (non-hydrogen) atoms. The van der Waals surface area contributed by atoms with E-state index < -0.39 is 0 Å². The van der Waals surface area contributed by atoms with Gasteiger partial charge in [-0.05, 0) is 31.7 Å². The molecule has 0 bridgehead atoms. The van der Waals surface area contributed by atoms with Gasteiger partial charge in [-0.3, -0.25) is 5.10 Å². The van der Waals surface area contributed by atoms with Crippen molar-refractivity contribution in [3.05, 3.63) is 18.0 Å². The molecule has 0 radical (unpaired) electrons. The van der Waals surface area contributed by atoms with Crippen molar-refractivity contribution in [1.29, 1.82) is 0 Å². The molecule has 1 aromatic heterocycles. The molecule has 0 aliphatic heterocycles. The van der Waals surface area contributed by atoms with E-state index in [1.807, 2.05) is 6.07 Å². The minimum atomic E-state index is -0.180. The molecule has 0 spiro atoms. The van der Waals surface area contributed by atoms with Crippen molar-refractivity contribution in [3.63, 3.8) is 0 Å². The summed E-state index contributed by atoms with van der Waals surface area (Å²) in [7, 11) is 0. The lowest BCUT2D eigenvalue weighted by atomic mass is 10.2. The number of hydrogen-bond acceptors (Lipinski definition) is 3. The number of rotatable bonds is 5. The highest BCUT2D eigenvalue weighted by Gasteiger charge is 2.29. The number of H-pyrrole nitrogens is 1. The van der Waals surface area contributed by atoms with Crippen LogP contribution in [0.2, 0.25) is 0 Å². The van der Waals surface area contributed by atoms with Gasteiger partial charge in [0.25, 0.3) is 0 Å². The SMILES string of the molecule is CC(NCC(O)C1CC1)c1ccn[nH]1. The Bertz CT molecular complexity index is 269. The fraction of sp³-hybridized carbons (Fsp3) is 0.700. The molecular formula is C10H17N3O. The molecule has 1 fully saturated rings. The molecule has 4 heteroatoms. The first kappa shape index (κ1) is 9.68. The number of nitrogens with zero attached hydrogens (tertiary/aromatic N) is 1. The van der Waals surface area contributed by atoms with Gasteiger partial charge < -0.3 is 10.4 Å². The van der Waals surface area contributed by atoms with Crippen molar-refractivity contribution < 1.29 is 5.11 Å². The second-order valence-electron chi connectivity index (χ2n) is 4.05. The average molecular weight is 195 g/mol. The third-order valence-corrected chi connectivity index (χ3v) is 2.79. The van der Waals surface area contributed by atoms with E-state index in [0.717, 1.165) is 5.69 Å². The van der Waals surface area contributed by atoms with Gasteiger partial charge in [0.1, 0.15) is 0 Å². The minimum absolute atomic E-state index is 0.180. The van der Waals surface area contributed by atoms with Crippen LogP contribution in [0.15, 0.2) is 12.3 Å². The van der Waals surface area contributed by atoms with Gasteiger partial charge in [0, 0.05) is 18.8 Å². The van der Waals surface area contributed by atoms with E-state index in [2.05, 4.69) is 22.4 Å². The standard InChI is InChI=1S/C10H17N3O/c1-7(9-4-5-12-13-9)11-6-10(14)8-2-3-8/h4-5,7-8,10-11,14H,2-3,6H2,1H3,(H,12,13). The summed E-state index contributed by atoms with van der Waals surface area (Å²) in [5, 5.41) is 19.7. The summed E-state index contributed by atoms with van der Waals surface area (Å²) < 4.78 is 0. The van der Waals surface area contributed by atoms with Crippen LogP contribution in [0.5, 0.6) is 0 Å². The number of aromatic nitrogens is 2. The Labute approximate surface area is 83.7 Å². The van der Waals surface area contributed by atoms with E-state index in [-0.39, 0.29) is 12.1 Å². The Kier molecular flexibility index (Phi) is 2.84. The van der Waals surface area contributed by atoms with Crippen LogP contribution in [0.1, 0.15) is 31.5 Å². The zero-order valence-corrected chi connectivity index (χ0v) is 8.40. The van der Waals surface area contributed by atoms with Crippen molar-refractivity contribution >= 4 is 0 Å². The fourth-order valence-electron chi connectivity index (χ4n) is 1.56. The van der Waals surface area contributed by atoms with Crippen LogP contribution in [0.3, 0.4) is 0 Å². The van der Waals surface area contributed by atoms with Gasteiger partial charge in [-0.2, -0.15) is 5.10 Å². The minimum Gasteiger partial charge on any atom is -0.392 e. The average Bonchev–Trinajstić information content (AvgIpc) is 2.90. The molecule has 0 saturated heterocycles. The number of aliphatic hydroxyl groups is 1. The van der Waals surface area contributed by atoms with E-state index in [9.17, 15) is 5.11 Å². The van der Waals surface area contributed by atoms with E-state index in [0.29, 0.717) is 12.5 Å². The Morgan fingerprint density at radius 3 is 3.07 bits per heavy atom. The van der Waals surface area contributed by atoms with Crippen molar-refractivity contribution in [3.8, 4) is 0 Å². The molecule has 1 aliphatic rings. The van der Waals surface area contributed by atoms with E-state index >= 15 is 0 Å². The van der Waals surface area contributed by atoms with Gasteiger partial charge in [-0.25, -0.2) is 0 Å². The maximum absolute atomic E-state index is 9.65. The summed E-state index contributed by atoms with van der Waals surface area (Å²) in [4.78, 5) is 0. The Morgan fingerprint density at radius 1 is 1.71 bits per heavy atom. The van der Waals surface area contributed by atoms with Crippen LogP contribution in [0, 0.1) is 5.92 Å². The maximum Gasteiger partial charge on any atom is 0.0692 e. The van der Waals surface area contributed by atoms with E-state index in [1.165, 1.54) is 12.8 Å². The number of aliphatic hydroxyl groups excluding tert-OH is 1. The highest BCUT2D eigenvalue weighted by Crippen LogP contribution is 2.32. The van der Waals surface area contributed by atoms with Crippen LogP contribution >= 0.6 is 0 Å². The predicted molar refractivity (Wildman–Crippen MR) is 53.7 cm³/mol. The van der Waals surface area contributed by atoms with Crippen LogP contribution in [-0.4, -0.2) is 28.0 Å². The van der Waals surface area contributed by atoms with Crippen LogP contribution < -0.4 is 5.32 Å². The normalized spacial score (nSPS) is 20.7. The second kappa shape index (κ2) is 4.11. The first-order valence-corrected chi connectivity index (χ1v) is 5.18. The number of hydrogen-bond donors (Lipinski definition) is 3. The largest absolute Gasteiger partial charge is 0.392 e. The van der Waals surface area contributed by atoms with Crippen LogP contribution in [0.25, 0.3) is 0 Å². The smallest absolute Gasteiger partial charge is 0.0692 e. The van der Waals surface area contributed by atoms with Crippen molar-refractivity contribution in [2.75, 3.05) is 6.54 Å². The lowest BCUT2D eigenvalue weighted by Crippen LogP contribution is -2.30. The molecule has 1 heterocycles. The highest BCUT2D eigenvalue weighted by atomic mass is 16.3. The van der Waals surface area contributed by atoms with Gasteiger partial charge in [-0.1, -0.05) is 0 Å². The first-order chi connectivity index (χ1) is 6.77. The Hall–Kier alpha value is -0.870. The molecule has 1 aromatic rings. The van der Waals surface area contributed by atoms with Crippen molar-refractivity contribution in [2.24, 2.45) is 5.92 Å². The molecular weight excluding hydrogens is 178 g/mol. The number of nitrogens with one attached hydrogen (secondary N) is 2. The topological polar surface area (TPSA) is 60.9 Å². The Balaban J connectivity index is 1.74. The summed E-state index contributed by atoms with van der Waals surface area (Å²) in [6.45, 7) is 2.73. The molecule has 1 saturated carbocycles. The monoisotopic (exact) mass is 195 g/mol. The molecule has 1 aliphatic carbocycles. The zero-order valence-electron chi connectivity index (χ0n) is 8.40. The predicted octanol–water partition coefficient (Wildman–Crippen LogP) is 0.831. The summed E-state index contributed by atoms with van der Waals surface area (Å²) in [6.07, 6.45) is 3.92.